The Balaban J connectivity index is 1.56. The summed E-state index contributed by atoms with van der Waals surface area (Å²) >= 11 is 0. The molecule has 140 valence electrons. The second kappa shape index (κ2) is 6.46. The van der Waals surface area contributed by atoms with Crippen LogP contribution in [0, 0.1) is 6.92 Å². The standard InChI is InChI=1S/C21H25N5O/c1-14-17(9-19-18(24-14)12-23-26(19)4)20(27)22-13-21(25(2)3)10-15-7-5-6-8-16(15)11-21/h5-9,12H,10-11,13H2,1-4H3,(H,22,27). The number of pyridine rings is 1. The van der Waals surface area contributed by atoms with Gasteiger partial charge in [-0.25, -0.2) is 4.98 Å². The highest BCUT2D eigenvalue weighted by atomic mass is 16.1. The molecular formula is C21H25N5O. The zero-order valence-electron chi connectivity index (χ0n) is 16.3. The van der Waals surface area contributed by atoms with Crippen LogP contribution in [0.4, 0.5) is 0 Å². The number of fused-ring (bicyclic) bond motifs is 2. The van der Waals surface area contributed by atoms with Gasteiger partial charge in [-0.15, -0.1) is 0 Å². The van der Waals surface area contributed by atoms with Crippen LogP contribution in [0.2, 0.25) is 0 Å². The minimum atomic E-state index is -0.0999. The van der Waals surface area contributed by atoms with E-state index in [0.29, 0.717) is 12.1 Å². The maximum atomic E-state index is 12.9. The van der Waals surface area contributed by atoms with Crippen LogP contribution in [-0.4, -0.2) is 51.8 Å². The Labute approximate surface area is 159 Å². The molecule has 1 aliphatic rings. The van der Waals surface area contributed by atoms with Crippen LogP contribution in [0.25, 0.3) is 11.0 Å². The fourth-order valence-electron chi connectivity index (χ4n) is 4.01. The molecule has 0 fully saturated rings. The van der Waals surface area contributed by atoms with Crippen LogP contribution in [0.3, 0.4) is 0 Å². The number of rotatable bonds is 4. The summed E-state index contributed by atoms with van der Waals surface area (Å²) in [6.45, 7) is 2.46. The Hall–Kier alpha value is -2.73. The third-order valence-corrected chi connectivity index (χ3v) is 5.85. The van der Waals surface area contributed by atoms with E-state index in [4.69, 9.17) is 0 Å². The molecule has 6 heteroatoms. The lowest BCUT2D eigenvalue weighted by Gasteiger charge is -2.36. The number of hydrogen-bond donors (Lipinski definition) is 1. The zero-order chi connectivity index (χ0) is 19.2. The Kier molecular flexibility index (Phi) is 4.23. The number of carbonyl (C=O) groups excluding carboxylic acids is 1. The lowest BCUT2D eigenvalue weighted by atomic mass is 9.94. The van der Waals surface area contributed by atoms with Crippen LogP contribution in [0.1, 0.15) is 27.2 Å². The van der Waals surface area contributed by atoms with E-state index in [1.165, 1.54) is 11.1 Å². The van der Waals surface area contributed by atoms with Crippen molar-refractivity contribution in [2.24, 2.45) is 7.05 Å². The largest absolute Gasteiger partial charge is 0.350 e. The highest BCUT2D eigenvalue weighted by Crippen LogP contribution is 2.33. The van der Waals surface area contributed by atoms with Crippen molar-refractivity contribution in [1.29, 1.82) is 0 Å². The van der Waals surface area contributed by atoms with E-state index >= 15 is 0 Å². The molecule has 1 aromatic carbocycles. The summed E-state index contributed by atoms with van der Waals surface area (Å²) < 4.78 is 1.74. The molecule has 4 rings (SSSR count). The Bertz CT molecular complexity index is 996. The number of benzene rings is 1. The molecule has 2 heterocycles. The lowest BCUT2D eigenvalue weighted by Crippen LogP contribution is -2.53. The normalized spacial score (nSPS) is 15.3. The molecule has 6 nitrogen and oxygen atoms in total. The van der Waals surface area contributed by atoms with Crippen molar-refractivity contribution < 1.29 is 4.79 Å². The maximum absolute atomic E-state index is 12.9. The van der Waals surface area contributed by atoms with Gasteiger partial charge < -0.3 is 10.2 Å². The first-order chi connectivity index (χ1) is 12.9. The Morgan fingerprint density at radius 1 is 1.26 bits per heavy atom. The van der Waals surface area contributed by atoms with Gasteiger partial charge in [0.25, 0.3) is 5.91 Å². The second-order valence-corrected chi connectivity index (χ2v) is 7.72. The quantitative estimate of drug-likeness (QED) is 0.771. The molecule has 0 saturated carbocycles. The van der Waals surface area contributed by atoms with Crippen molar-refractivity contribution in [2.45, 2.75) is 25.3 Å². The van der Waals surface area contributed by atoms with Gasteiger partial charge in [-0.05, 0) is 51.1 Å². The number of aryl methyl sites for hydroxylation is 2. The van der Waals surface area contributed by atoms with Gasteiger partial charge in [0.15, 0.2) is 0 Å². The van der Waals surface area contributed by atoms with E-state index in [1.807, 2.05) is 20.0 Å². The van der Waals surface area contributed by atoms with Crippen molar-refractivity contribution in [3.63, 3.8) is 0 Å². The predicted octanol–water partition coefficient (Wildman–Crippen LogP) is 2.11. The number of amides is 1. The topological polar surface area (TPSA) is 63.1 Å². The van der Waals surface area contributed by atoms with Gasteiger partial charge in [0.2, 0.25) is 0 Å². The summed E-state index contributed by atoms with van der Waals surface area (Å²) in [4.78, 5) is 19.7. The number of nitrogens with one attached hydrogen (secondary N) is 1. The zero-order valence-corrected chi connectivity index (χ0v) is 16.3. The van der Waals surface area contributed by atoms with Crippen molar-refractivity contribution in [1.82, 2.24) is 25.0 Å². The van der Waals surface area contributed by atoms with E-state index in [2.05, 4.69) is 58.7 Å². The van der Waals surface area contributed by atoms with Gasteiger partial charge in [0.05, 0.1) is 23.0 Å². The lowest BCUT2D eigenvalue weighted by molar-refractivity contribution is 0.0902. The smallest absolute Gasteiger partial charge is 0.253 e. The van der Waals surface area contributed by atoms with Crippen LogP contribution in [-0.2, 0) is 19.9 Å². The van der Waals surface area contributed by atoms with E-state index in [-0.39, 0.29) is 11.4 Å². The molecule has 27 heavy (non-hydrogen) atoms. The molecule has 0 atom stereocenters. The number of carbonyl (C=O) groups is 1. The average Bonchev–Trinajstić information content (AvgIpc) is 3.20. The summed E-state index contributed by atoms with van der Waals surface area (Å²) in [5, 5.41) is 7.38. The van der Waals surface area contributed by atoms with Gasteiger partial charge in [-0.3, -0.25) is 9.48 Å². The molecule has 3 aromatic rings. The van der Waals surface area contributed by atoms with Crippen molar-refractivity contribution in [3.05, 3.63) is 58.9 Å². The molecule has 2 aromatic heterocycles. The van der Waals surface area contributed by atoms with E-state index in [0.717, 1.165) is 29.6 Å². The molecule has 1 amide bonds. The summed E-state index contributed by atoms with van der Waals surface area (Å²) in [7, 11) is 6.04. The molecule has 0 bridgehead atoms. The molecular weight excluding hydrogens is 338 g/mol. The monoisotopic (exact) mass is 363 g/mol. The molecule has 0 aliphatic heterocycles. The van der Waals surface area contributed by atoms with Crippen LogP contribution in [0.5, 0.6) is 0 Å². The number of hydrogen-bond acceptors (Lipinski definition) is 4. The fraction of sp³-hybridized carbons (Fsp3) is 0.381. The van der Waals surface area contributed by atoms with Crippen LogP contribution < -0.4 is 5.32 Å². The summed E-state index contributed by atoms with van der Waals surface area (Å²) in [5.74, 6) is -0.0831. The van der Waals surface area contributed by atoms with Gasteiger partial charge in [-0.2, -0.15) is 5.10 Å². The van der Waals surface area contributed by atoms with Crippen LogP contribution >= 0.6 is 0 Å². The molecule has 0 spiro atoms. The highest BCUT2D eigenvalue weighted by Gasteiger charge is 2.39. The molecule has 0 radical (unpaired) electrons. The first-order valence-electron chi connectivity index (χ1n) is 9.21. The Morgan fingerprint density at radius 2 is 1.93 bits per heavy atom. The third-order valence-electron chi connectivity index (χ3n) is 5.85. The van der Waals surface area contributed by atoms with E-state index in [1.54, 1.807) is 10.9 Å². The van der Waals surface area contributed by atoms with Crippen molar-refractivity contribution in [3.8, 4) is 0 Å². The van der Waals surface area contributed by atoms with Gasteiger partial charge >= 0.3 is 0 Å². The van der Waals surface area contributed by atoms with Crippen molar-refractivity contribution in [2.75, 3.05) is 20.6 Å². The predicted molar refractivity (Wildman–Crippen MR) is 106 cm³/mol. The molecule has 0 unspecified atom stereocenters. The second-order valence-electron chi connectivity index (χ2n) is 7.72. The molecule has 0 saturated heterocycles. The Morgan fingerprint density at radius 3 is 2.56 bits per heavy atom. The van der Waals surface area contributed by atoms with Gasteiger partial charge in [0, 0.05) is 19.1 Å². The van der Waals surface area contributed by atoms with Crippen LogP contribution in [0.15, 0.2) is 36.5 Å². The maximum Gasteiger partial charge on any atom is 0.253 e. The number of aromatic nitrogens is 3. The third kappa shape index (κ3) is 3.00. The fourth-order valence-corrected chi connectivity index (χ4v) is 4.01. The van der Waals surface area contributed by atoms with E-state index < -0.39 is 0 Å². The van der Waals surface area contributed by atoms with Crippen molar-refractivity contribution >= 4 is 16.9 Å². The summed E-state index contributed by atoms with van der Waals surface area (Å²) in [6.07, 6.45) is 3.60. The molecule has 1 aliphatic carbocycles. The highest BCUT2D eigenvalue weighted by molar-refractivity contribution is 5.98. The van der Waals surface area contributed by atoms with Gasteiger partial charge in [-0.1, -0.05) is 24.3 Å². The average molecular weight is 363 g/mol. The first-order valence-corrected chi connectivity index (χ1v) is 9.21. The summed E-state index contributed by atoms with van der Waals surface area (Å²) in [6, 6.07) is 10.4. The summed E-state index contributed by atoms with van der Waals surface area (Å²) in [5.41, 5.74) is 5.64. The SMILES string of the molecule is Cc1nc2cnn(C)c2cc1C(=O)NCC1(N(C)C)Cc2ccccc2C1. The minimum absolute atomic E-state index is 0.0831. The first kappa shape index (κ1) is 17.7. The molecule has 1 N–H and O–H groups in total. The van der Waals surface area contributed by atoms with E-state index in [9.17, 15) is 4.79 Å². The minimum Gasteiger partial charge on any atom is -0.350 e. The number of likely N-dealkylation sites (N-methyl/N-ethyl adjacent to an activating group) is 1. The number of nitrogens with zero attached hydrogens (tertiary/aromatic N) is 4. The van der Waals surface area contributed by atoms with Gasteiger partial charge in [0.1, 0.15) is 5.52 Å².